The van der Waals surface area contributed by atoms with Gasteiger partial charge in [-0.25, -0.2) is 0 Å². The molecule has 5 heterocycles. The number of aromatic nitrogens is 3. The fourth-order valence-corrected chi connectivity index (χ4v) is 4.39. The van der Waals surface area contributed by atoms with Crippen LogP contribution in [-0.4, -0.2) is 45.5 Å². The number of piperidine rings is 1. The van der Waals surface area contributed by atoms with Gasteiger partial charge in [-0.1, -0.05) is 12.1 Å². The van der Waals surface area contributed by atoms with Gasteiger partial charge in [0, 0.05) is 48.3 Å². The van der Waals surface area contributed by atoms with Crippen LogP contribution < -0.4 is 15.5 Å². The third-order valence-electron chi connectivity index (χ3n) is 5.69. The van der Waals surface area contributed by atoms with E-state index in [9.17, 15) is 5.11 Å². The number of aryl methyl sites for hydroxylation is 1. The Morgan fingerprint density at radius 1 is 1.07 bits per heavy atom. The van der Waals surface area contributed by atoms with E-state index in [1.54, 1.807) is 12.1 Å². The molecular weight excluding hydrogens is 352 g/mol. The van der Waals surface area contributed by atoms with Crippen molar-refractivity contribution in [3.05, 3.63) is 54.4 Å². The van der Waals surface area contributed by atoms with E-state index in [2.05, 4.69) is 37.1 Å². The molecule has 3 fully saturated rings. The molecule has 3 saturated heterocycles. The summed E-state index contributed by atoms with van der Waals surface area (Å²) < 4.78 is 0. The van der Waals surface area contributed by atoms with Gasteiger partial charge >= 0.3 is 0 Å². The zero-order valence-electron chi connectivity index (χ0n) is 15.7. The van der Waals surface area contributed by atoms with Crippen LogP contribution in [-0.2, 0) is 0 Å². The van der Waals surface area contributed by atoms with Crippen LogP contribution in [0.3, 0.4) is 0 Å². The number of rotatable bonds is 3. The van der Waals surface area contributed by atoms with Gasteiger partial charge in [-0.15, -0.1) is 10.2 Å². The molecule has 142 valence electrons. The molecule has 0 spiro atoms. The topological polar surface area (TPSA) is 91.4 Å². The summed E-state index contributed by atoms with van der Waals surface area (Å²) in [7, 11) is 0. The number of pyridine rings is 1. The summed E-state index contributed by atoms with van der Waals surface area (Å²) in [4.78, 5) is 9.08. The molecule has 0 aliphatic carbocycles. The summed E-state index contributed by atoms with van der Waals surface area (Å²) >= 11 is 0. The van der Waals surface area contributed by atoms with Gasteiger partial charge in [0.1, 0.15) is 5.75 Å². The van der Waals surface area contributed by atoms with Crippen LogP contribution in [0.2, 0.25) is 0 Å². The highest BCUT2D eigenvalue weighted by atomic mass is 16.3. The Kier molecular flexibility index (Phi) is 3.82. The molecule has 2 atom stereocenters. The van der Waals surface area contributed by atoms with E-state index < -0.39 is 0 Å². The normalized spacial score (nSPS) is 20.8. The van der Waals surface area contributed by atoms with Gasteiger partial charge < -0.3 is 20.6 Å². The Morgan fingerprint density at radius 2 is 1.86 bits per heavy atom. The highest BCUT2D eigenvalue weighted by molar-refractivity contribution is 5.74. The molecule has 3 aliphatic rings. The van der Waals surface area contributed by atoms with Crippen LogP contribution in [0.15, 0.2) is 48.7 Å². The first-order chi connectivity index (χ1) is 13.6. The minimum atomic E-state index is 0.188. The Bertz CT molecular complexity index is 1030. The lowest BCUT2D eigenvalue weighted by Gasteiger charge is -2.58. The van der Waals surface area contributed by atoms with Crippen molar-refractivity contribution >= 4 is 17.2 Å². The van der Waals surface area contributed by atoms with Gasteiger partial charge in [-0.05, 0) is 43.7 Å². The largest absolute Gasteiger partial charge is 0.507 e. The second kappa shape index (κ2) is 6.37. The number of nitrogens with two attached hydrogens (primary N) is 1. The molecule has 0 saturated carbocycles. The Balaban J connectivity index is 1.41. The lowest BCUT2D eigenvalue weighted by atomic mass is 9.86. The molecule has 2 aromatic heterocycles. The van der Waals surface area contributed by atoms with Crippen LogP contribution >= 0.6 is 0 Å². The molecule has 2 bridgehead atoms. The number of para-hydroxylation sites is 1. The van der Waals surface area contributed by atoms with Crippen molar-refractivity contribution < 1.29 is 5.11 Å². The van der Waals surface area contributed by atoms with E-state index in [1.165, 1.54) is 12.1 Å². The van der Waals surface area contributed by atoms with Crippen LogP contribution in [0.5, 0.6) is 5.75 Å². The van der Waals surface area contributed by atoms with E-state index in [0.29, 0.717) is 29.2 Å². The van der Waals surface area contributed by atoms with Gasteiger partial charge in [0.2, 0.25) is 0 Å². The number of piperazine rings is 1. The number of aromatic hydroxyl groups is 1. The maximum Gasteiger partial charge on any atom is 0.169 e. The standard InChI is InChI=1S/C21H22N6O/c1-13-8-14(6-7-23-13)27-15-9-16(27)12-26(11-15)19-10-18(24-25-21(19)22)17-4-2-3-5-20(17)28/h2-8,10,15-16,28H,9,11-12H2,1H3,(H2,22,25). The molecular formula is C21H22N6O. The number of phenols is 1. The number of nitrogen functional groups attached to an aromatic ring is 1. The molecule has 0 amide bonds. The summed E-state index contributed by atoms with van der Waals surface area (Å²) in [5.74, 6) is 0.611. The van der Waals surface area contributed by atoms with E-state index in [4.69, 9.17) is 5.73 Å². The highest BCUT2D eigenvalue weighted by Crippen LogP contribution is 2.40. The van der Waals surface area contributed by atoms with Crippen molar-refractivity contribution in [2.24, 2.45) is 0 Å². The van der Waals surface area contributed by atoms with Gasteiger partial charge in [-0.3, -0.25) is 4.98 Å². The van der Waals surface area contributed by atoms with Gasteiger partial charge in [0.15, 0.2) is 5.82 Å². The first-order valence-corrected chi connectivity index (χ1v) is 9.47. The molecule has 2 unspecified atom stereocenters. The first kappa shape index (κ1) is 16.8. The predicted octanol–water partition coefficient (Wildman–Crippen LogP) is 2.60. The number of nitrogens with zero attached hydrogens (tertiary/aromatic N) is 5. The minimum absolute atomic E-state index is 0.188. The van der Waals surface area contributed by atoms with Crippen LogP contribution in [0, 0.1) is 6.92 Å². The Morgan fingerprint density at radius 3 is 2.61 bits per heavy atom. The Hall–Kier alpha value is -3.35. The van der Waals surface area contributed by atoms with Gasteiger partial charge in [0.05, 0.1) is 11.4 Å². The first-order valence-electron chi connectivity index (χ1n) is 9.47. The van der Waals surface area contributed by atoms with Gasteiger partial charge in [-0.2, -0.15) is 0 Å². The maximum atomic E-state index is 10.1. The lowest BCUT2D eigenvalue weighted by molar-refractivity contribution is 0.291. The monoisotopic (exact) mass is 374 g/mol. The average molecular weight is 374 g/mol. The number of phenolic OH excluding ortho intramolecular Hbond substituents is 1. The van der Waals surface area contributed by atoms with Crippen LogP contribution in [0.4, 0.5) is 17.2 Å². The third kappa shape index (κ3) is 2.70. The van der Waals surface area contributed by atoms with Crippen molar-refractivity contribution in [2.45, 2.75) is 25.4 Å². The molecule has 1 aromatic carbocycles. The van der Waals surface area contributed by atoms with E-state index >= 15 is 0 Å². The molecule has 6 rings (SSSR count). The SMILES string of the molecule is Cc1cc(N2C3CC2CN(c2cc(-c4ccccc4O)nnc2N)C3)ccn1. The highest BCUT2D eigenvalue weighted by Gasteiger charge is 2.45. The number of hydrogen-bond donors (Lipinski definition) is 2. The quantitative estimate of drug-likeness (QED) is 0.728. The van der Waals surface area contributed by atoms with Crippen molar-refractivity contribution in [3.8, 4) is 17.0 Å². The molecule has 7 heteroatoms. The van der Waals surface area contributed by atoms with Crippen LogP contribution in [0.25, 0.3) is 11.3 Å². The molecule has 7 nitrogen and oxygen atoms in total. The van der Waals surface area contributed by atoms with Crippen LogP contribution in [0.1, 0.15) is 12.1 Å². The second-order valence-electron chi connectivity index (χ2n) is 7.53. The fraction of sp³-hybridized carbons (Fsp3) is 0.286. The zero-order valence-corrected chi connectivity index (χ0v) is 15.7. The van der Waals surface area contributed by atoms with Crippen molar-refractivity contribution in [1.29, 1.82) is 0 Å². The summed E-state index contributed by atoms with van der Waals surface area (Å²) in [6, 6.07) is 14.2. The third-order valence-corrected chi connectivity index (χ3v) is 5.69. The smallest absolute Gasteiger partial charge is 0.169 e. The molecule has 3 aliphatic heterocycles. The summed E-state index contributed by atoms with van der Waals surface area (Å²) in [6.07, 6.45) is 3.06. The lowest BCUT2D eigenvalue weighted by Crippen LogP contribution is -2.69. The van der Waals surface area contributed by atoms with E-state index in [-0.39, 0.29) is 5.75 Å². The second-order valence-corrected chi connectivity index (χ2v) is 7.53. The van der Waals surface area contributed by atoms with Gasteiger partial charge in [0.25, 0.3) is 0 Å². The number of anilines is 3. The molecule has 28 heavy (non-hydrogen) atoms. The molecule has 0 radical (unpaired) electrons. The fourth-order valence-electron chi connectivity index (χ4n) is 4.39. The maximum absolute atomic E-state index is 10.1. The van der Waals surface area contributed by atoms with Crippen molar-refractivity contribution in [3.63, 3.8) is 0 Å². The van der Waals surface area contributed by atoms with E-state index in [1.807, 2.05) is 31.3 Å². The van der Waals surface area contributed by atoms with Crippen molar-refractivity contribution in [2.75, 3.05) is 28.6 Å². The predicted molar refractivity (Wildman–Crippen MR) is 109 cm³/mol. The van der Waals surface area contributed by atoms with Crippen molar-refractivity contribution in [1.82, 2.24) is 15.2 Å². The number of hydrogen-bond acceptors (Lipinski definition) is 7. The summed E-state index contributed by atoms with van der Waals surface area (Å²) in [5, 5.41) is 18.5. The summed E-state index contributed by atoms with van der Waals surface area (Å²) in [5.41, 5.74) is 10.6. The number of fused-ring (bicyclic) bond motifs is 2. The average Bonchev–Trinajstić information content (AvgIpc) is 2.69. The molecule has 3 aromatic rings. The Labute approximate surface area is 163 Å². The minimum Gasteiger partial charge on any atom is -0.507 e. The number of benzene rings is 1. The molecule has 3 N–H and O–H groups in total. The zero-order chi connectivity index (χ0) is 19.3. The van der Waals surface area contributed by atoms with E-state index in [0.717, 1.165) is 24.5 Å². The summed E-state index contributed by atoms with van der Waals surface area (Å²) in [6.45, 7) is 3.79.